The molecule has 8 heteroatoms. The fraction of sp³-hybridized carbons (Fsp3) is 0.250. The molecule has 0 aromatic heterocycles. The van der Waals surface area contributed by atoms with Gasteiger partial charge in [0.1, 0.15) is 13.2 Å². The van der Waals surface area contributed by atoms with E-state index in [1.54, 1.807) is 36.4 Å². The molecule has 1 aliphatic carbocycles. The number of carbonyl (C=O) groups is 1. The summed E-state index contributed by atoms with van der Waals surface area (Å²) in [7, 11) is -3.47. The van der Waals surface area contributed by atoms with Gasteiger partial charge in [0, 0.05) is 23.9 Å². The molecule has 2 aromatic carbocycles. The number of benzene rings is 2. The molecule has 0 spiro atoms. The fourth-order valence-corrected chi connectivity index (χ4v) is 4.03. The van der Waals surface area contributed by atoms with E-state index < -0.39 is 10.0 Å². The second-order valence-electron chi connectivity index (χ2n) is 6.65. The van der Waals surface area contributed by atoms with E-state index in [0.29, 0.717) is 30.4 Å². The van der Waals surface area contributed by atoms with Crippen molar-refractivity contribution in [2.45, 2.75) is 23.8 Å². The average molecular weight is 400 g/mol. The molecule has 0 unspecified atom stereocenters. The summed E-state index contributed by atoms with van der Waals surface area (Å²) in [6.45, 7) is 0.990. The SMILES string of the molecule is O=C(/C=C/c1ccc(S(=O)(=O)NC2CC2)cc1)Nc1ccc2c(c1)OCCO2. The first kappa shape index (κ1) is 18.5. The minimum Gasteiger partial charge on any atom is -0.486 e. The number of sulfonamides is 1. The Balaban J connectivity index is 1.37. The number of hydrogen-bond acceptors (Lipinski definition) is 5. The van der Waals surface area contributed by atoms with Crippen LogP contribution >= 0.6 is 0 Å². The summed E-state index contributed by atoms with van der Waals surface area (Å²) >= 11 is 0. The molecule has 2 N–H and O–H groups in total. The summed E-state index contributed by atoms with van der Waals surface area (Å²) in [5.74, 6) is 0.958. The Kier molecular flexibility index (Phi) is 5.06. The van der Waals surface area contributed by atoms with Crippen molar-refractivity contribution in [3.63, 3.8) is 0 Å². The highest BCUT2D eigenvalue weighted by Crippen LogP contribution is 2.32. The van der Waals surface area contributed by atoms with E-state index in [1.165, 1.54) is 18.2 Å². The summed E-state index contributed by atoms with van der Waals surface area (Å²) in [6, 6.07) is 11.7. The van der Waals surface area contributed by atoms with Crippen LogP contribution in [-0.4, -0.2) is 33.6 Å². The van der Waals surface area contributed by atoms with E-state index in [-0.39, 0.29) is 16.8 Å². The maximum absolute atomic E-state index is 12.2. The zero-order chi connectivity index (χ0) is 19.6. The van der Waals surface area contributed by atoms with Crippen molar-refractivity contribution in [3.8, 4) is 11.5 Å². The van der Waals surface area contributed by atoms with Crippen molar-refractivity contribution in [2.75, 3.05) is 18.5 Å². The Hall–Kier alpha value is -2.84. The van der Waals surface area contributed by atoms with Gasteiger partial charge in [0.05, 0.1) is 4.90 Å². The molecule has 0 saturated heterocycles. The summed E-state index contributed by atoms with van der Waals surface area (Å²) in [5.41, 5.74) is 1.33. The van der Waals surface area contributed by atoms with Gasteiger partial charge in [0.25, 0.3) is 0 Å². The lowest BCUT2D eigenvalue weighted by Crippen LogP contribution is -2.25. The quantitative estimate of drug-likeness (QED) is 0.727. The van der Waals surface area contributed by atoms with Gasteiger partial charge >= 0.3 is 0 Å². The molecule has 1 fully saturated rings. The number of rotatable bonds is 6. The van der Waals surface area contributed by atoms with Gasteiger partial charge in [-0.25, -0.2) is 13.1 Å². The Morgan fingerprint density at radius 1 is 1.00 bits per heavy atom. The summed E-state index contributed by atoms with van der Waals surface area (Å²) < 4.78 is 37.9. The fourth-order valence-electron chi connectivity index (χ4n) is 2.72. The largest absolute Gasteiger partial charge is 0.486 e. The van der Waals surface area contributed by atoms with Gasteiger partial charge in [-0.15, -0.1) is 0 Å². The Bertz CT molecular complexity index is 1010. The number of nitrogens with one attached hydrogen (secondary N) is 2. The Morgan fingerprint density at radius 2 is 1.71 bits per heavy atom. The highest BCUT2D eigenvalue weighted by Gasteiger charge is 2.27. The van der Waals surface area contributed by atoms with Crippen LogP contribution in [0.25, 0.3) is 6.08 Å². The van der Waals surface area contributed by atoms with Gasteiger partial charge in [-0.05, 0) is 48.7 Å². The smallest absolute Gasteiger partial charge is 0.248 e. The van der Waals surface area contributed by atoms with Gasteiger partial charge in [-0.3, -0.25) is 4.79 Å². The zero-order valence-electron chi connectivity index (χ0n) is 15.1. The molecule has 28 heavy (non-hydrogen) atoms. The van der Waals surface area contributed by atoms with Crippen LogP contribution < -0.4 is 19.5 Å². The van der Waals surface area contributed by atoms with Crippen LogP contribution in [0.4, 0.5) is 5.69 Å². The van der Waals surface area contributed by atoms with Crippen LogP contribution in [0.5, 0.6) is 11.5 Å². The minimum absolute atomic E-state index is 0.0637. The van der Waals surface area contributed by atoms with Crippen LogP contribution in [0.3, 0.4) is 0 Å². The molecule has 4 rings (SSSR count). The number of carbonyl (C=O) groups excluding carboxylic acids is 1. The van der Waals surface area contributed by atoms with Crippen LogP contribution in [0.2, 0.25) is 0 Å². The monoisotopic (exact) mass is 400 g/mol. The molecule has 2 aliphatic rings. The summed E-state index contributed by atoms with van der Waals surface area (Å²) in [5, 5.41) is 2.76. The lowest BCUT2D eigenvalue weighted by molar-refractivity contribution is -0.111. The number of anilines is 1. The van der Waals surface area contributed by atoms with Gasteiger partial charge in [-0.1, -0.05) is 12.1 Å². The predicted octanol–water partition coefficient (Wildman–Crippen LogP) is 2.55. The highest BCUT2D eigenvalue weighted by atomic mass is 32.2. The summed E-state index contributed by atoms with van der Waals surface area (Å²) in [6.07, 6.45) is 4.79. The van der Waals surface area contributed by atoms with Crippen molar-refractivity contribution in [1.82, 2.24) is 4.72 Å². The second-order valence-corrected chi connectivity index (χ2v) is 8.36. The van der Waals surface area contributed by atoms with Gasteiger partial charge in [-0.2, -0.15) is 0 Å². The van der Waals surface area contributed by atoms with Crippen molar-refractivity contribution in [2.24, 2.45) is 0 Å². The molecule has 1 saturated carbocycles. The number of ether oxygens (including phenoxy) is 2. The van der Waals surface area contributed by atoms with Crippen LogP contribution in [0.15, 0.2) is 53.4 Å². The lowest BCUT2D eigenvalue weighted by atomic mass is 10.2. The van der Waals surface area contributed by atoms with E-state index in [4.69, 9.17) is 9.47 Å². The zero-order valence-corrected chi connectivity index (χ0v) is 15.9. The molecule has 1 aliphatic heterocycles. The Labute approximate surface area is 163 Å². The van der Waals surface area contributed by atoms with Gasteiger partial charge in [0.2, 0.25) is 15.9 Å². The predicted molar refractivity (Wildman–Crippen MR) is 105 cm³/mol. The number of hydrogen-bond donors (Lipinski definition) is 2. The molecule has 2 aromatic rings. The Morgan fingerprint density at radius 3 is 2.43 bits per heavy atom. The minimum atomic E-state index is -3.47. The lowest BCUT2D eigenvalue weighted by Gasteiger charge is -2.18. The standard InChI is InChI=1S/C20H20N2O5S/c23-20(21-16-6-9-18-19(13-16)27-12-11-26-18)10-3-14-1-7-17(8-2-14)28(24,25)22-15-4-5-15/h1-3,6-10,13,15,22H,4-5,11-12H2,(H,21,23)/b10-3+. The normalized spacial score (nSPS) is 16.1. The van der Waals surface area contributed by atoms with Gasteiger partial charge < -0.3 is 14.8 Å². The topological polar surface area (TPSA) is 93.7 Å². The third kappa shape index (κ3) is 4.52. The second kappa shape index (κ2) is 7.65. The van der Waals surface area contributed by atoms with E-state index in [2.05, 4.69) is 10.0 Å². The van der Waals surface area contributed by atoms with E-state index in [0.717, 1.165) is 18.4 Å². The first-order chi connectivity index (χ1) is 13.5. The third-order valence-electron chi connectivity index (χ3n) is 4.33. The molecule has 0 radical (unpaired) electrons. The van der Waals surface area contributed by atoms with Crippen molar-refractivity contribution in [3.05, 3.63) is 54.1 Å². The molecule has 1 amide bonds. The third-order valence-corrected chi connectivity index (χ3v) is 5.86. The molecule has 0 bridgehead atoms. The molecule has 146 valence electrons. The molecule has 7 nitrogen and oxygen atoms in total. The van der Waals surface area contributed by atoms with Crippen LogP contribution in [-0.2, 0) is 14.8 Å². The van der Waals surface area contributed by atoms with Gasteiger partial charge in [0.15, 0.2) is 11.5 Å². The molecule has 0 atom stereocenters. The van der Waals surface area contributed by atoms with Crippen LogP contribution in [0.1, 0.15) is 18.4 Å². The maximum atomic E-state index is 12.2. The average Bonchev–Trinajstić information content (AvgIpc) is 3.50. The molecule has 1 heterocycles. The van der Waals surface area contributed by atoms with Crippen molar-refractivity contribution >= 4 is 27.7 Å². The highest BCUT2D eigenvalue weighted by molar-refractivity contribution is 7.89. The van der Waals surface area contributed by atoms with Crippen molar-refractivity contribution in [1.29, 1.82) is 0 Å². The van der Waals surface area contributed by atoms with E-state index in [9.17, 15) is 13.2 Å². The maximum Gasteiger partial charge on any atom is 0.248 e. The van der Waals surface area contributed by atoms with E-state index >= 15 is 0 Å². The molecular weight excluding hydrogens is 380 g/mol. The molecular formula is C20H20N2O5S. The van der Waals surface area contributed by atoms with E-state index in [1.807, 2.05) is 0 Å². The van der Waals surface area contributed by atoms with Crippen molar-refractivity contribution < 1.29 is 22.7 Å². The first-order valence-electron chi connectivity index (χ1n) is 9.01. The first-order valence-corrected chi connectivity index (χ1v) is 10.5. The number of amides is 1. The van der Waals surface area contributed by atoms with Crippen LogP contribution in [0, 0.1) is 0 Å². The number of fused-ring (bicyclic) bond motifs is 1. The summed E-state index contributed by atoms with van der Waals surface area (Å²) in [4.78, 5) is 12.4.